The van der Waals surface area contributed by atoms with Gasteiger partial charge in [0.05, 0.1) is 11.0 Å². The molecule has 2 heterocycles. The maximum Gasteiger partial charge on any atom is 0.143 e. The molecule has 0 aliphatic heterocycles. The zero-order valence-electron chi connectivity index (χ0n) is 40.9. The van der Waals surface area contributed by atoms with Crippen molar-refractivity contribution >= 4 is 93.1 Å². The Labute approximate surface area is 434 Å². The quantitative estimate of drug-likeness (QED) is 0.142. The minimum atomic E-state index is 0.896. The molecule has 2 aromatic heterocycles. The van der Waals surface area contributed by atoms with Gasteiger partial charge in [-0.05, 0) is 156 Å². The van der Waals surface area contributed by atoms with Crippen LogP contribution in [0.2, 0.25) is 0 Å². The van der Waals surface area contributed by atoms with Crippen molar-refractivity contribution in [2.45, 2.75) is 0 Å². The van der Waals surface area contributed by atoms with Gasteiger partial charge in [0.15, 0.2) is 0 Å². The lowest BCUT2D eigenvalue weighted by Crippen LogP contribution is -2.09. The van der Waals surface area contributed by atoms with Crippen molar-refractivity contribution < 1.29 is 4.42 Å². The van der Waals surface area contributed by atoms with Gasteiger partial charge in [0.2, 0.25) is 0 Å². The van der Waals surface area contributed by atoms with E-state index in [1.807, 2.05) is 0 Å². The van der Waals surface area contributed by atoms with Crippen molar-refractivity contribution in [2.24, 2.45) is 0 Å². The van der Waals surface area contributed by atoms with Crippen LogP contribution in [-0.2, 0) is 0 Å². The van der Waals surface area contributed by atoms with Crippen molar-refractivity contribution in [1.29, 1.82) is 0 Å². The third kappa shape index (κ3) is 7.28. The van der Waals surface area contributed by atoms with Crippen LogP contribution >= 0.6 is 0 Å². The zero-order valence-corrected chi connectivity index (χ0v) is 40.9. The van der Waals surface area contributed by atoms with Crippen LogP contribution in [0.3, 0.4) is 0 Å². The molecule has 15 rings (SSSR count). The first-order valence-electron chi connectivity index (χ1n) is 25.7. The maximum atomic E-state index is 6.47. The molecule has 0 fully saturated rings. The third-order valence-electron chi connectivity index (χ3n) is 15.4. The topological polar surface area (TPSA) is 21.3 Å². The van der Waals surface area contributed by atoms with E-state index in [0.717, 1.165) is 72.3 Å². The van der Waals surface area contributed by atoms with Crippen LogP contribution < -0.4 is 4.90 Å². The van der Waals surface area contributed by atoms with Gasteiger partial charge in [-0.25, -0.2) is 0 Å². The molecule has 0 atom stereocenters. The van der Waals surface area contributed by atoms with Crippen molar-refractivity contribution in [3.63, 3.8) is 0 Å². The van der Waals surface area contributed by atoms with Gasteiger partial charge >= 0.3 is 0 Å². The zero-order chi connectivity index (χ0) is 49.4. The van der Waals surface area contributed by atoms with Crippen LogP contribution in [0.5, 0.6) is 0 Å². The standard InChI is InChI=1S/C72H46N2O/c1-3-14-62-52(10-1)24-25-54-26-27-56(45-67(54)62)49-22-20-47(21-23-49)48-28-36-58(37-29-48)73(60-40-32-51(33-41-60)57-35-43-71-68(46-57)66-42-34-53-11-2-4-15-63(53)72(66)75-71)59-38-30-50(31-39-59)55-12-9-13-61(44-55)74-69-18-7-5-16-64(69)65-17-6-8-19-70(65)74/h1-46H. The second kappa shape index (κ2) is 17.4. The molecule has 3 nitrogen and oxygen atoms in total. The Morgan fingerprint density at radius 1 is 0.253 bits per heavy atom. The van der Waals surface area contributed by atoms with Crippen LogP contribution in [0.1, 0.15) is 0 Å². The number of anilines is 3. The molecular weight excluding hydrogens is 909 g/mol. The summed E-state index contributed by atoms with van der Waals surface area (Å²) in [7, 11) is 0. The van der Waals surface area contributed by atoms with Gasteiger partial charge < -0.3 is 13.9 Å². The second-order valence-electron chi connectivity index (χ2n) is 19.7. The van der Waals surface area contributed by atoms with Crippen LogP contribution in [0, 0.1) is 0 Å². The Kier molecular flexibility index (Phi) is 9.89. The minimum Gasteiger partial charge on any atom is -0.455 e. The molecule has 0 bridgehead atoms. The molecule has 350 valence electrons. The monoisotopic (exact) mass is 954 g/mol. The fourth-order valence-electron chi connectivity index (χ4n) is 11.6. The summed E-state index contributed by atoms with van der Waals surface area (Å²) in [4.78, 5) is 2.36. The number of rotatable bonds is 8. The third-order valence-corrected chi connectivity index (χ3v) is 15.4. The van der Waals surface area contributed by atoms with Gasteiger partial charge in [-0.15, -0.1) is 0 Å². The number of hydrogen-bond acceptors (Lipinski definition) is 2. The fourth-order valence-corrected chi connectivity index (χ4v) is 11.6. The summed E-state index contributed by atoms with van der Waals surface area (Å²) in [6.45, 7) is 0. The second-order valence-corrected chi connectivity index (χ2v) is 19.7. The van der Waals surface area contributed by atoms with Crippen LogP contribution in [-0.4, -0.2) is 4.57 Å². The SMILES string of the molecule is c1cc(-c2ccc(N(c3ccc(-c4ccc(-c5ccc6ccc7ccccc7c6c5)cc4)cc3)c3ccc(-c4ccc5oc6c7ccccc7ccc6c5c4)cc3)cc2)cc(-n2c3ccccc3c3ccccc32)c1. The predicted molar refractivity (Wildman–Crippen MR) is 317 cm³/mol. The highest BCUT2D eigenvalue weighted by Gasteiger charge is 2.17. The Hall–Kier alpha value is -9.96. The molecule has 0 N–H and O–H groups in total. The molecule has 0 saturated heterocycles. The Bertz CT molecular complexity index is 4620. The van der Waals surface area contributed by atoms with Crippen molar-refractivity contribution in [1.82, 2.24) is 4.57 Å². The van der Waals surface area contributed by atoms with Gasteiger partial charge in [0.25, 0.3) is 0 Å². The van der Waals surface area contributed by atoms with Crippen molar-refractivity contribution in [2.75, 3.05) is 4.90 Å². The average Bonchev–Trinajstić information content (AvgIpc) is 4.05. The number of furan rings is 1. The molecule has 0 aliphatic rings. The summed E-state index contributed by atoms with van der Waals surface area (Å²) in [5, 5.41) is 12.2. The average molecular weight is 955 g/mol. The number of fused-ring (bicyclic) bond motifs is 11. The van der Waals surface area contributed by atoms with Crippen LogP contribution in [0.15, 0.2) is 283 Å². The number of aromatic nitrogens is 1. The molecule has 0 spiro atoms. The fraction of sp³-hybridized carbons (Fsp3) is 0. The lowest BCUT2D eigenvalue weighted by atomic mass is 9.96. The lowest BCUT2D eigenvalue weighted by Gasteiger charge is -2.26. The van der Waals surface area contributed by atoms with E-state index in [1.54, 1.807) is 0 Å². The number of benzene rings is 13. The smallest absolute Gasteiger partial charge is 0.143 e. The largest absolute Gasteiger partial charge is 0.455 e. The van der Waals surface area contributed by atoms with E-state index in [2.05, 4.69) is 289 Å². The number of para-hydroxylation sites is 2. The first kappa shape index (κ1) is 42.7. The normalized spacial score (nSPS) is 11.7. The van der Waals surface area contributed by atoms with Gasteiger partial charge in [-0.2, -0.15) is 0 Å². The van der Waals surface area contributed by atoms with Crippen molar-refractivity contribution in [3.8, 4) is 50.2 Å². The summed E-state index contributed by atoms with van der Waals surface area (Å²) < 4.78 is 8.86. The summed E-state index contributed by atoms with van der Waals surface area (Å²) >= 11 is 0. The Morgan fingerprint density at radius 2 is 0.667 bits per heavy atom. The molecule has 0 aliphatic carbocycles. The van der Waals surface area contributed by atoms with E-state index in [9.17, 15) is 0 Å². The van der Waals surface area contributed by atoms with Gasteiger partial charge in [-0.1, -0.05) is 194 Å². The van der Waals surface area contributed by atoms with Crippen molar-refractivity contribution in [3.05, 3.63) is 279 Å². The molecule has 75 heavy (non-hydrogen) atoms. The molecule has 0 radical (unpaired) electrons. The van der Waals surface area contributed by atoms with E-state index in [-0.39, 0.29) is 0 Å². The first-order valence-corrected chi connectivity index (χ1v) is 25.7. The highest BCUT2D eigenvalue weighted by Crippen LogP contribution is 2.41. The highest BCUT2D eigenvalue weighted by atomic mass is 16.3. The highest BCUT2D eigenvalue weighted by molar-refractivity contribution is 6.16. The molecule has 0 saturated carbocycles. The molecular formula is C72H46N2O. The molecule has 0 unspecified atom stereocenters. The summed E-state index contributed by atoms with van der Waals surface area (Å²) in [5.74, 6) is 0. The number of nitrogens with zero attached hydrogens (tertiary/aromatic N) is 2. The minimum absolute atomic E-state index is 0.896. The maximum absolute atomic E-state index is 6.47. The first-order chi connectivity index (χ1) is 37.1. The van der Waals surface area contributed by atoms with Gasteiger partial charge in [-0.3, -0.25) is 0 Å². The summed E-state index contributed by atoms with van der Waals surface area (Å²) in [6.07, 6.45) is 0. The molecule has 0 amide bonds. The number of hydrogen-bond donors (Lipinski definition) is 0. The van der Waals surface area contributed by atoms with E-state index in [4.69, 9.17) is 4.42 Å². The van der Waals surface area contributed by atoms with Gasteiger partial charge in [0.1, 0.15) is 11.2 Å². The molecule has 3 heteroatoms. The van der Waals surface area contributed by atoms with E-state index < -0.39 is 0 Å². The lowest BCUT2D eigenvalue weighted by molar-refractivity contribution is 0.672. The Balaban J connectivity index is 0.773. The van der Waals surface area contributed by atoms with Crippen LogP contribution in [0.4, 0.5) is 17.1 Å². The van der Waals surface area contributed by atoms with E-state index >= 15 is 0 Å². The Morgan fingerprint density at radius 3 is 1.27 bits per heavy atom. The van der Waals surface area contributed by atoms with Crippen LogP contribution in [0.25, 0.3) is 126 Å². The molecule has 15 aromatic rings. The summed E-state index contributed by atoms with van der Waals surface area (Å²) in [6, 6.07) is 101. The van der Waals surface area contributed by atoms with Gasteiger partial charge in [0, 0.05) is 49.7 Å². The van der Waals surface area contributed by atoms with E-state index in [0.29, 0.717) is 0 Å². The molecule has 13 aromatic carbocycles. The van der Waals surface area contributed by atoms with E-state index in [1.165, 1.54) is 71.0 Å². The summed E-state index contributed by atoms with van der Waals surface area (Å²) in [5.41, 5.74) is 18.0. The predicted octanol–water partition coefficient (Wildman–Crippen LogP) is 20.3.